The second-order valence-electron chi connectivity index (χ2n) is 4.96. The smallest absolute Gasteiger partial charge is 0.284 e. The Morgan fingerprint density at radius 2 is 2.20 bits per heavy atom. The highest BCUT2D eigenvalue weighted by atomic mass is 32.2. The first-order valence-electron chi connectivity index (χ1n) is 7.29. The Morgan fingerprint density at radius 1 is 1.40 bits per heavy atom. The molecule has 2 heterocycles. The quantitative estimate of drug-likeness (QED) is 0.480. The number of nitrogens with zero attached hydrogens (tertiary/aromatic N) is 1. The Morgan fingerprint density at radius 3 is 2.84 bits per heavy atom. The number of benzene rings is 1. The molecular formula is C16H13N3O5S. The van der Waals surface area contributed by atoms with Crippen LogP contribution in [-0.4, -0.2) is 22.6 Å². The van der Waals surface area contributed by atoms with Gasteiger partial charge in [-0.1, -0.05) is 0 Å². The van der Waals surface area contributed by atoms with Gasteiger partial charge in [-0.3, -0.25) is 20.3 Å². The zero-order chi connectivity index (χ0) is 18.0. The summed E-state index contributed by atoms with van der Waals surface area (Å²) in [4.78, 5) is 22.8. The number of amidine groups is 1. The number of nitro benzene ring substituents is 1. The Bertz CT molecular complexity index is 903. The summed E-state index contributed by atoms with van der Waals surface area (Å²) in [5.41, 5.74) is 0.184. The summed E-state index contributed by atoms with van der Waals surface area (Å²) in [6, 6.07) is 7.75. The van der Waals surface area contributed by atoms with E-state index in [2.05, 4.69) is 5.32 Å². The van der Waals surface area contributed by atoms with Crippen molar-refractivity contribution in [3.63, 3.8) is 0 Å². The Kier molecular flexibility index (Phi) is 4.57. The highest BCUT2D eigenvalue weighted by molar-refractivity contribution is 8.18. The minimum absolute atomic E-state index is 0.0465. The fourth-order valence-electron chi connectivity index (χ4n) is 2.27. The van der Waals surface area contributed by atoms with Crippen LogP contribution in [0.25, 0.3) is 17.4 Å². The Labute approximate surface area is 146 Å². The summed E-state index contributed by atoms with van der Waals surface area (Å²) in [5.74, 6) is 0.704. The third kappa shape index (κ3) is 3.56. The lowest BCUT2D eigenvalue weighted by Crippen LogP contribution is -2.18. The normalized spacial score (nSPS) is 15.5. The minimum Gasteiger partial charge on any atom is -0.494 e. The number of carbonyl (C=O) groups is 1. The van der Waals surface area contributed by atoms with E-state index in [9.17, 15) is 14.9 Å². The van der Waals surface area contributed by atoms with Gasteiger partial charge >= 0.3 is 0 Å². The van der Waals surface area contributed by atoms with E-state index in [0.717, 1.165) is 11.8 Å². The molecule has 0 saturated carbocycles. The van der Waals surface area contributed by atoms with Crippen molar-refractivity contribution in [2.75, 3.05) is 6.61 Å². The van der Waals surface area contributed by atoms with E-state index in [1.54, 1.807) is 31.2 Å². The van der Waals surface area contributed by atoms with E-state index in [4.69, 9.17) is 14.6 Å². The maximum atomic E-state index is 11.6. The Hall–Kier alpha value is -3.07. The number of ether oxygens (including phenoxy) is 1. The molecule has 0 unspecified atom stereocenters. The first-order valence-corrected chi connectivity index (χ1v) is 8.10. The first kappa shape index (κ1) is 16.8. The second-order valence-corrected chi connectivity index (χ2v) is 6.02. The van der Waals surface area contributed by atoms with Gasteiger partial charge in [-0.25, -0.2) is 0 Å². The molecule has 1 aromatic heterocycles. The number of carbonyl (C=O) groups excluding carboxylic acids is 1. The van der Waals surface area contributed by atoms with Crippen LogP contribution in [0.3, 0.4) is 0 Å². The Balaban J connectivity index is 1.94. The van der Waals surface area contributed by atoms with Crippen LogP contribution in [0.15, 0.2) is 39.7 Å². The lowest BCUT2D eigenvalue weighted by Gasteiger charge is -2.05. The molecule has 128 valence electrons. The second kappa shape index (κ2) is 6.81. The standard InChI is InChI=1S/C16H13N3O5S/c1-2-23-9-3-5-11(12(7-9)19(21)22)13-6-4-10(24-13)8-14-15(20)18-16(17)25-14/h3-8H,2H2,1H3,(H2,17,18,20). The van der Waals surface area contributed by atoms with Gasteiger partial charge in [0.25, 0.3) is 11.6 Å². The topological polar surface area (TPSA) is 118 Å². The molecule has 8 nitrogen and oxygen atoms in total. The van der Waals surface area contributed by atoms with Gasteiger partial charge < -0.3 is 14.5 Å². The predicted octanol–water partition coefficient (Wildman–Crippen LogP) is 3.39. The number of hydrogen-bond acceptors (Lipinski definition) is 7. The van der Waals surface area contributed by atoms with Gasteiger partial charge in [-0.05, 0) is 43.0 Å². The van der Waals surface area contributed by atoms with Crippen LogP contribution in [0.1, 0.15) is 12.7 Å². The van der Waals surface area contributed by atoms with E-state index in [0.29, 0.717) is 34.3 Å². The maximum Gasteiger partial charge on any atom is 0.284 e. The zero-order valence-electron chi connectivity index (χ0n) is 13.1. The van der Waals surface area contributed by atoms with Crippen LogP contribution in [0, 0.1) is 15.5 Å². The molecule has 0 radical (unpaired) electrons. The lowest BCUT2D eigenvalue weighted by atomic mass is 10.1. The summed E-state index contributed by atoms with van der Waals surface area (Å²) >= 11 is 0.988. The fourth-order valence-corrected chi connectivity index (χ4v) is 2.96. The van der Waals surface area contributed by atoms with Gasteiger partial charge in [0, 0.05) is 6.08 Å². The largest absolute Gasteiger partial charge is 0.494 e. The van der Waals surface area contributed by atoms with Crippen molar-refractivity contribution < 1.29 is 18.9 Å². The highest BCUT2D eigenvalue weighted by Gasteiger charge is 2.23. The van der Waals surface area contributed by atoms with Crippen molar-refractivity contribution in [2.24, 2.45) is 0 Å². The third-order valence-corrected chi connectivity index (χ3v) is 4.13. The molecular weight excluding hydrogens is 346 g/mol. The van der Waals surface area contributed by atoms with Crippen LogP contribution in [0.4, 0.5) is 5.69 Å². The van der Waals surface area contributed by atoms with Crippen molar-refractivity contribution in [3.05, 3.63) is 51.1 Å². The molecule has 1 saturated heterocycles. The molecule has 2 N–H and O–H groups in total. The maximum absolute atomic E-state index is 11.6. The van der Waals surface area contributed by atoms with Gasteiger partial charge in [0.1, 0.15) is 17.3 Å². The summed E-state index contributed by atoms with van der Waals surface area (Å²) in [7, 11) is 0. The molecule has 9 heteroatoms. The van der Waals surface area contributed by atoms with Gasteiger partial charge in [-0.15, -0.1) is 0 Å². The molecule has 1 aromatic carbocycles. The monoisotopic (exact) mass is 359 g/mol. The zero-order valence-corrected chi connectivity index (χ0v) is 13.9. The third-order valence-electron chi connectivity index (χ3n) is 3.31. The van der Waals surface area contributed by atoms with E-state index in [1.807, 2.05) is 0 Å². The number of hydrogen-bond donors (Lipinski definition) is 2. The summed E-state index contributed by atoms with van der Waals surface area (Å²) in [6.07, 6.45) is 1.49. The van der Waals surface area contributed by atoms with E-state index in [1.165, 1.54) is 12.1 Å². The number of furan rings is 1. The molecule has 1 aliphatic rings. The molecule has 0 bridgehead atoms. The molecule has 1 fully saturated rings. The number of rotatable bonds is 5. The van der Waals surface area contributed by atoms with Crippen LogP contribution in [0.2, 0.25) is 0 Å². The molecule has 25 heavy (non-hydrogen) atoms. The lowest BCUT2D eigenvalue weighted by molar-refractivity contribution is -0.384. The van der Waals surface area contributed by atoms with Crippen LogP contribution in [0.5, 0.6) is 5.75 Å². The average molecular weight is 359 g/mol. The molecule has 1 amide bonds. The van der Waals surface area contributed by atoms with Gasteiger partial charge in [0.2, 0.25) is 0 Å². The molecule has 1 aliphatic heterocycles. The van der Waals surface area contributed by atoms with Crippen molar-refractivity contribution in [1.29, 1.82) is 5.41 Å². The molecule has 3 rings (SSSR count). The predicted molar refractivity (Wildman–Crippen MR) is 93.4 cm³/mol. The summed E-state index contributed by atoms with van der Waals surface area (Å²) < 4.78 is 10.9. The fraction of sp³-hybridized carbons (Fsp3) is 0.125. The number of nitrogens with one attached hydrogen (secondary N) is 2. The summed E-state index contributed by atoms with van der Waals surface area (Å²) in [6.45, 7) is 2.20. The van der Waals surface area contributed by atoms with E-state index >= 15 is 0 Å². The summed E-state index contributed by atoms with van der Waals surface area (Å²) in [5, 5.41) is 21.2. The molecule has 0 spiro atoms. The van der Waals surface area contributed by atoms with Crippen LogP contribution < -0.4 is 10.1 Å². The van der Waals surface area contributed by atoms with Gasteiger partial charge in [-0.2, -0.15) is 0 Å². The van der Waals surface area contributed by atoms with Crippen molar-refractivity contribution in [2.45, 2.75) is 6.92 Å². The molecule has 0 aliphatic carbocycles. The van der Waals surface area contributed by atoms with Crippen molar-refractivity contribution in [3.8, 4) is 17.1 Å². The molecule has 0 atom stereocenters. The van der Waals surface area contributed by atoms with Crippen LogP contribution in [-0.2, 0) is 4.79 Å². The first-order chi connectivity index (χ1) is 12.0. The number of amides is 1. The average Bonchev–Trinajstić information content (AvgIpc) is 3.14. The van der Waals surface area contributed by atoms with Crippen molar-refractivity contribution >= 4 is 34.6 Å². The van der Waals surface area contributed by atoms with E-state index in [-0.39, 0.29) is 16.8 Å². The van der Waals surface area contributed by atoms with Gasteiger partial charge in [0.05, 0.1) is 28.1 Å². The molecule has 2 aromatic rings. The van der Waals surface area contributed by atoms with Crippen LogP contribution >= 0.6 is 11.8 Å². The SMILES string of the molecule is CCOc1ccc(-c2ccc(C=C3SC(=N)NC3=O)o2)c([N+](=O)[O-])c1. The van der Waals surface area contributed by atoms with Gasteiger partial charge in [0.15, 0.2) is 5.17 Å². The number of thioether (sulfide) groups is 1. The van der Waals surface area contributed by atoms with E-state index < -0.39 is 4.92 Å². The number of nitro groups is 1. The van der Waals surface area contributed by atoms with Crippen molar-refractivity contribution in [1.82, 2.24) is 5.32 Å². The minimum atomic E-state index is -0.500. The highest BCUT2D eigenvalue weighted by Crippen LogP contribution is 2.35.